The number of hydrogen-bond donors (Lipinski definition) is 1. The zero-order valence-electron chi connectivity index (χ0n) is 23.4. The van der Waals surface area contributed by atoms with Crippen molar-refractivity contribution in [2.24, 2.45) is 7.05 Å². The quantitative estimate of drug-likeness (QED) is 0.276. The van der Waals surface area contributed by atoms with E-state index in [4.69, 9.17) is 0 Å². The van der Waals surface area contributed by atoms with Gasteiger partial charge in [0, 0.05) is 33.2 Å². The molecule has 4 aromatic rings. The van der Waals surface area contributed by atoms with E-state index in [1.165, 1.54) is 25.4 Å². The molecule has 12 nitrogen and oxygen atoms in total. The van der Waals surface area contributed by atoms with Crippen molar-refractivity contribution in [2.75, 3.05) is 24.5 Å². The highest BCUT2D eigenvalue weighted by Crippen LogP contribution is 2.31. The molecular weight excluding hydrogens is 670 g/mol. The van der Waals surface area contributed by atoms with Gasteiger partial charge in [-0.1, -0.05) is 23.5 Å². The summed E-state index contributed by atoms with van der Waals surface area (Å²) in [5.41, 5.74) is 0.0486. The van der Waals surface area contributed by atoms with E-state index in [0.717, 1.165) is 56.7 Å². The molecule has 1 saturated heterocycles. The molecule has 0 saturated carbocycles. The van der Waals surface area contributed by atoms with Crippen LogP contribution in [0.15, 0.2) is 64.4 Å². The highest BCUT2D eigenvalue weighted by atomic mass is 32.2. The number of amides is 1. The minimum atomic E-state index is -4.99. The third kappa shape index (κ3) is 7.50. The highest BCUT2D eigenvalue weighted by molar-refractivity contribution is 7.89. The molecular formula is C26H22F6N6O6S2. The molecule has 1 amide bonds. The number of aromatic nitrogens is 3. The summed E-state index contributed by atoms with van der Waals surface area (Å²) in [6.45, 7) is -0.641. The van der Waals surface area contributed by atoms with Crippen LogP contribution in [0.25, 0.3) is 10.2 Å². The van der Waals surface area contributed by atoms with E-state index in [2.05, 4.69) is 24.9 Å². The van der Waals surface area contributed by atoms with Crippen molar-refractivity contribution in [3.8, 4) is 11.5 Å². The van der Waals surface area contributed by atoms with Crippen molar-refractivity contribution >= 4 is 42.6 Å². The third-order valence-corrected chi connectivity index (χ3v) is 9.65. The number of hydrogen-bond acceptors (Lipinski definition) is 10. The number of aryl methyl sites for hydroxylation is 1. The van der Waals surface area contributed by atoms with E-state index in [1.807, 2.05) is 0 Å². The lowest BCUT2D eigenvalue weighted by atomic mass is 10.1. The number of piperazine rings is 1. The smallest absolute Gasteiger partial charge is 0.406 e. The van der Waals surface area contributed by atoms with Gasteiger partial charge in [0.25, 0.3) is 5.56 Å². The normalized spacial score (nSPS) is 16.4. The number of carbonyl (C=O) groups is 1. The van der Waals surface area contributed by atoms with Crippen LogP contribution in [-0.2, 0) is 28.4 Å². The molecule has 46 heavy (non-hydrogen) atoms. The van der Waals surface area contributed by atoms with Crippen molar-refractivity contribution in [1.29, 1.82) is 0 Å². The van der Waals surface area contributed by atoms with Gasteiger partial charge in [-0.25, -0.2) is 18.1 Å². The van der Waals surface area contributed by atoms with Gasteiger partial charge in [-0.2, -0.15) is 9.40 Å². The molecule has 5 rings (SSSR count). The minimum absolute atomic E-state index is 0.0342. The van der Waals surface area contributed by atoms with Gasteiger partial charge in [-0.15, -0.1) is 26.3 Å². The summed E-state index contributed by atoms with van der Waals surface area (Å²) in [4.78, 5) is 31.6. The number of carbonyl (C=O) groups excluding carboxylic acids is 1. The van der Waals surface area contributed by atoms with Gasteiger partial charge in [0.1, 0.15) is 17.5 Å². The molecule has 1 atom stereocenters. The Hall–Kier alpha value is -4.43. The second-order valence-corrected chi connectivity index (χ2v) is 12.7. The number of sulfonamides is 1. The first-order chi connectivity index (χ1) is 21.5. The molecule has 1 aliphatic heterocycles. The van der Waals surface area contributed by atoms with Crippen molar-refractivity contribution in [3.63, 3.8) is 0 Å². The number of halogens is 6. The van der Waals surface area contributed by atoms with Crippen LogP contribution in [0.3, 0.4) is 0 Å². The number of nitrogens with one attached hydrogen (secondary N) is 1. The molecule has 0 bridgehead atoms. The van der Waals surface area contributed by atoms with Crippen molar-refractivity contribution in [2.45, 2.75) is 30.2 Å². The number of thiazole rings is 1. The molecule has 0 unspecified atom stereocenters. The maximum atomic E-state index is 13.7. The molecule has 1 N–H and O–H groups in total. The number of rotatable bonds is 8. The summed E-state index contributed by atoms with van der Waals surface area (Å²) in [6.07, 6.45) is -8.44. The van der Waals surface area contributed by atoms with Crippen LogP contribution >= 0.6 is 11.3 Å². The summed E-state index contributed by atoms with van der Waals surface area (Å²) >= 11 is 1.11. The first-order valence-corrected chi connectivity index (χ1v) is 15.3. The Bertz CT molecular complexity index is 1900. The predicted molar refractivity (Wildman–Crippen MR) is 151 cm³/mol. The SMILES string of the molecule is Cn1ncc2sc(N3CCN(S(=O)(=O)c4ccc(OC(F)(F)F)cc4)[C@@H](C(=O)NCc4ccc(OC(F)(F)F)cc4)C3)nc2c1=O. The van der Waals surface area contributed by atoms with Gasteiger partial charge in [-0.05, 0) is 42.0 Å². The maximum Gasteiger partial charge on any atom is 0.573 e. The zero-order valence-corrected chi connectivity index (χ0v) is 25.0. The monoisotopic (exact) mass is 692 g/mol. The van der Waals surface area contributed by atoms with Gasteiger partial charge >= 0.3 is 12.7 Å². The van der Waals surface area contributed by atoms with Gasteiger partial charge in [0.15, 0.2) is 10.6 Å². The first-order valence-electron chi connectivity index (χ1n) is 13.1. The summed E-state index contributed by atoms with van der Waals surface area (Å²) in [6, 6.07) is 6.75. The van der Waals surface area contributed by atoms with Crippen LogP contribution in [0.4, 0.5) is 31.5 Å². The highest BCUT2D eigenvalue weighted by Gasteiger charge is 2.41. The minimum Gasteiger partial charge on any atom is -0.406 e. The summed E-state index contributed by atoms with van der Waals surface area (Å²) in [5.74, 6) is -1.90. The lowest BCUT2D eigenvalue weighted by Gasteiger charge is -2.39. The molecule has 2 aromatic carbocycles. The average Bonchev–Trinajstić information content (AvgIpc) is 3.42. The zero-order chi connectivity index (χ0) is 33.4. The molecule has 0 spiro atoms. The Morgan fingerprint density at radius 3 is 2.15 bits per heavy atom. The summed E-state index contributed by atoms with van der Waals surface area (Å²) in [7, 11) is -3.01. The van der Waals surface area contributed by atoms with Gasteiger partial charge in [-0.3, -0.25) is 9.59 Å². The Morgan fingerprint density at radius 1 is 0.978 bits per heavy atom. The Morgan fingerprint density at radius 2 is 1.57 bits per heavy atom. The van der Waals surface area contributed by atoms with Crippen LogP contribution in [0.2, 0.25) is 0 Å². The Kier molecular flexibility index (Phi) is 8.88. The molecule has 3 heterocycles. The molecule has 2 aromatic heterocycles. The third-order valence-electron chi connectivity index (χ3n) is 6.68. The number of nitrogens with zero attached hydrogens (tertiary/aromatic N) is 5. The number of anilines is 1. The van der Waals surface area contributed by atoms with Gasteiger partial charge in [0.2, 0.25) is 15.9 Å². The summed E-state index contributed by atoms with van der Waals surface area (Å²) < 4.78 is 113. The lowest BCUT2D eigenvalue weighted by molar-refractivity contribution is -0.275. The molecule has 0 radical (unpaired) electrons. The van der Waals surface area contributed by atoms with Crippen LogP contribution in [0, 0.1) is 0 Å². The van der Waals surface area contributed by atoms with Gasteiger partial charge in [0.05, 0.1) is 15.8 Å². The first kappa shape index (κ1) is 32.9. The van der Waals surface area contributed by atoms with Crippen molar-refractivity contribution in [3.05, 3.63) is 70.6 Å². The van der Waals surface area contributed by atoms with Crippen molar-refractivity contribution < 1.29 is 49.0 Å². The topological polar surface area (TPSA) is 136 Å². The van der Waals surface area contributed by atoms with E-state index < -0.39 is 56.7 Å². The summed E-state index contributed by atoms with van der Waals surface area (Å²) in [5, 5.41) is 6.86. The fraction of sp³-hybridized carbons (Fsp3) is 0.308. The molecule has 246 valence electrons. The second-order valence-electron chi connectivity index (χ2n) is 9.79. The predicted octanol–water partition coefficient (Wildman–Crippen LogP) is 3.38. The maximum absolute atomic E-state index is 13.7. The second kappa shape index (κ2) is 12.4. The van der Waals surface area contributed by atoms with E-state index >= 15 is 0 Å². The fourth-order valence-corrected chi connectivity index (χ4v) is 7.08. The van der Waals surface area contributed by atoms with Crippen LogP contribution in [0.5, 0.6) is 11.5 Å². The van der Waals surface area contributed by atoms with E-state index in [0.29, 0.717) is 15.4 Å². The number of alkyl halides is 6. The average molecular weight is 693 g/mol. The van der Waals surface area contributed by atoms with E-state index in [-0.39, 0.29) is 31.7 Å². The van der Waals surface area contributed by atoms with Crippen molar-refractivity contribution in [1.82, 2.24) is 24.4 Å². The standard InChI is InChI=1S/C26H22F6N6O6S2/c1-36-23(40)21-20(13-34-36)45-24(35-21)37-10-11-38(46(41,42)18-8-6-17(7-9-18)44-26(30,31)32)19(14-37)22(39)33-12-15-2-4-16(5-3-15)43-25(27,28)29/h2-9,13,19H,10-12,14H2,1H3,(H,33,39)/t19-/m1/s1. The largest absolute Gasteiger partial charge is 0.573 e. The van der Waals surface area contributed by atoms with Crippen LogP contribution in [-0.4, -0.2) is 71.8 Å². The number of fused-ring (bicyclic) bond motifs is 1. The van der Waals surface area contributed by atoms with Crippen LogP contribution in [0.1, 0.15) is 5.56 Å². The molecule has 1 aliphatic rings. The van der Waals surface area contributed by atoms with Crippen LogP contribution < -0.4 is 25.2 Å². The fourth-order valence-electron chi connectivity index (χ4n) is 4.55. The van der Waals surface area contributed by atoms with E-state index in [9.17, 15) is 44.3 Å². The number of benzene rings is 2. The number of ether oxygens (including phenoxy) is 2. The lowest BCUT2D eigenvalue weighted by Crippen LogP contribution is -2.60. The Balaban J connectivity index is 1.40. The van der Waals surface area contributed by atoms with Gasteiger partial charge < -0.3 is 19.7 Å². The molecule has 1 fully saturated rings. The molecule has 20 heteroatoms. The van der Waals surface area contributed by atoms with E-state index in [1.54, 1.807) is 4.90 Å². The Labute approximate surface area is 259 Å². The molecule has 0 aliphatic carbocycles.